The minimum absolute atomic E-state index is 0.348. The van der Waals surface area contributed by atoms with Gasteiger partial charge in [-0.1, -0.05) is 60.2 Å². The van der Waals surface area contributed by atoms with Crippen molar-refractivity contribution in [2.45, 2.75) is 19.4 Å². The normalized spacial score (nSPS) is 18.8. The molecule has 1 saturated heterocycles. The number of nitrogens with zero attached hydrogens (tertiary/aromatic N) is 1. The first-order chi connectivity index (χ1) is 13.9. The van der Waals surface area contributed by atoms with E-state index in [9.17, 15) is 14.4 Å². The van der Waals surface area contributed by atoms with Gasteiger partial charge in [-0.15, -0.1) is 0 Å². The Morgan fingerprint density at radius 3 is 2.41 bits per heavy atom. The molecule has 0 spiro atoms. The van der Waals surface area contributed by atoms with Crippen LogP contribution >= 0.6 is 0 Å². The van der Waals surface area contributed by atoms with Crippen LogP contribution in [0.4, 0.5) is 10.5 Å². The SMILES string of the molecule is Cc1ccc(C2(C)NC(=O)N(CC(=O)Nc3ccc4ccccc4c3)C2=O)cc1. The van der Waals surface area contributed by atoms with Crippen LogP contribution in [0.1, 0.15) is 18.1 Å². The fraction of sp³-hybridized carbons (Fsp3) is 0.174. The number of benzene rings is 3. The highest BCUT2D eigenvalue weighted by atomic mass is 16.2. The molecular weight excluding hydrogens is 366 g/mol. The Hall–Kier alpha value is -3.67. The molecule has 3 aromatic rings. The summed E-state index contributed by atoms with van der Waals surface area (Å²) in [6.45, 7) is 3.25. The zero-order chi connectivity index (χ0) is 20.6. The van der Waals surface area contributed by atoms with Crippen LogP contribution in [0.3, 0.4) is 0 Å². The largest absolute Gasteiger partial charge is 0.325 e. The van der Waals surface area contributed by atoms with Gasteiger partial charge in [-0.3, -0.25) is 14.5 Å². The first kappa shape index (κ1) is 18.7. The molecule has 1 unspecified atom stereocenters. The number of carbonyl (C=O) groups excluding carboxylic acids is 3. The number of carbonyl (C=O) groups is 3. The molecule has 1 fully saturated rings. The Bertz CT molecular complexity index is 1120. The number of urea groups is 1. The molecule has 4 amide bonds. The number of imide groups is 1. The number of nitrogens with one attached hydrogen (secondary N) is 2. The molecule has 4 rings (SSSR count). The van der Waals surface area contributed by atoms with E-state index in [2.05, 4.69) is 10.6 Å². The summed E-state index contributed by atoms with van der Waals surface area (Å²) in [5, 5.41) is 7.54. The van der Waals surface area contributed by atoms with Crippen molar-refractivity contribution in [1.82, 2.24) is 10.2 Å². The third-order valence-corrected chi connectivity index (χ3v) is 5.24. The van der Waals surface area contributed by atoms with Crippen molar-refractivity contribution in [2.24, 2.45) is 0 Å². The predicted molar refractivity (Wildman–Crippen MR) is 111 cm³/mol. The van der Waals surface area contributed by atoms with Crippen LogP contribution in [-0.4, -0.2) is 29.3 Å². The topological polar surface area (TPSA) is 78.5 Å². The Labute approximate surface area is 168 Å². The lowest BCUT2D eigenvalue weighted by Crippen LogP contribution is -2.42. The summed E-state index contributed by atoms with van der Waals surface area (Å²) in [5.41, 5.74) is 1.16. The molecule has 0 saturated carbocycles. The van der Waals surface area contributed by atoms with E-state index < -0.39 is 23.4 Å². The molecule has 1 heterocycles. The summed E-state index contributed by atoms with van der Waals surface area (Å²) in [5.74, 6) is -0.878. The highest BCUT2D eigenvalue weighted by Gasteiger charge is 2.49. The number of hydrogen-bond donors (Lipinski definition) is 2. The minimum Gasteiger partial charge on any atom is -0.325 e. The maximum absolute atomic E-state index is 12.9. The molecule has 1 atom stereocenters. The van der Waals surface area contributed by atoms with Gasteiger partial charge in [0.15, 0.2) is 0 Å². The smallest absolute Gasteiger partial charge is 0.325 e. The molecule has 6 heteroatoms. The van der Waals surface area contributed by atoms with Crippen LogP contribution in [0, 0.1) is 6.92 Å². The highest BCUT2D eigenvalue weighted by Crippen LogP contribution is 2.29. The summed E-state index contributed by atoms with van der Waals surface area (Å²) in [4.78, 5) is 38.8. The maximum atomic E-state index is 12.9. The number of anilines is 1. The molecule has 2 N–H and O–H groups in total. The maximum Gasteiger partial charge on any atom is 0.325 e. The van der Waals surface area contributed by atoms with E-state index in [0.29, 0.717) is 11.3 Å². The lowest BCUT2D eigenvalue weighted by Gasteiger charge is -2.22. The van der Waals surface area contributed by atoms with Crippen LogP contribution in [0.15, 0.2) is 66.7 Å². The standard InChI is InChI=1S/C23H21N3O3/c1-15-7-10-18(11-8-15)23(2)21(28)26(22(29)25-23)14-20(27)24-19-12-9-16-5-3-4-6-17(16)13-19/h3-13H,14H2,1-2H3,(H,24,27)(H,25,29). The van der Waals surface area contributed by atoms with Crippen LogP contribution < -0.4 is 10.6 Å². The van der Waals surface area contributed by atoms with Gasteiger partial charge in [0.05, 0.1) is 0 Å². The third-order valence-electron chi connectivity index (χ3n) is 5.24. The molecule has 0 aromatic heterocycles. The van der Waals surface area contributed by atoms with Crippen molar-refractivity contribution in [3.8, 4) is 0 Å². The van der Waals surface area contributed by atoms with Crippen LogP contribution in [-0.2, 0) is 15.1 Å². The van der Waals surface area contributed by atoms with Gasteiger partial charge in [0.25, 0.3) is 5.91 Å². The van der Waals surface area contributed by atoms with Gasteiger partial charge in [0.2, 0.25) is 5.91 Å². The number of aryl methyl sites for hydroxylation is 1. The van der Waals surface area contributed by atoms with E-state index in [1.807, 2.05) is 67.6 Å². The minimum atomic E-state index is -1.19. The Kier molecular flexibility index (Phi) is 4.54. The third kappa shape index (κ3) is 3.45. The molecule has 29 heavy (non-hydrogen) atoms. The molecule has 1 aliphatic rings. The van der Waals surface area contributed by atoms with Gasteiger partial charge >= 0.3 is 6.03 Å². The highest BCUT2D eigenvalue weighted by molar-refractivity contribution is 6.10. The second kappa shape index (κ2) is 7.05. The molecule has 3 aromatic carbocycles. The number of rotatable bonds is 4. The zero-order valence-corrected chi connectivity index (χ0v) is 16.2. The Morgan fingerprint density at radius 2 is 1.69 bits per heavy atom. The summed E-state index contributed by atoms with van der Waals surface area (Å²) >= 11 is 0. The fourth-order valence-electron chi connectivity index (χ4n) is 3.53. The molecule has 146 valence electrons. The molecule has 0 aliphatic carbocycles. The van der Waals surface area contributed by atoms with Gasteiger partial charge < -0.3 is 10.6 Å². The molecule has 6 nitrogen and oxygen atoms in total. The number of amides is 4. The van der Waals surface area contributed by atoms with Gasteiger partial charge in [0.1, 0.15) is 12.1 Å². The molecule has 0 bridgehead atoms. The van der Waals surface area contributed by atoms with Crippen LogP contribution in [0.5, 0.6) is 0 Å². The average Bonchev–Trinajstić information content (AvgIpc) is 2.92. The fourth-order valence-corrected chi connectivity index (χ4v) is 3.53. The van der Waals surface area contributed by atoms with E-state index in [1.54, 1.807) is 13.0 Å². The van der Waals surface area contributed by atoms with Gasteiger partial charge in [-0.05, 0) is 42.3 Å². The van der Waals surface area contributed by atoms with Crippen molar-refractivity contribution in [3.05, 3.63) is 77.9 Å². The van der Waals surface area contributed by atoms with Crippen molar-refractivity contribution >= 4 is 34.3 Å². The summed E-state index contributed by atoms with van der Waals surface area (Å²) in [6.07, 6.45) is 0. The average molecular weight is 387 g/mol. The lowest BCUT2D eigenvalue weighted by molar-refractivity contribution is -0.133. The molecule has 0 radical (unpaired) electrons. The van der Waals surface area contributed by atoms with E-state index in [0.717, 1.165) is 21.2 Å². The van der Waals surface area contributed by atoms with Crippen molar-refractivity contribution in [2.75, 3.05) is 11.9 Å². The van der Waals surface area contributed by atoms with Gasteiger partial charge in [0, 0.05) is 5.69 Å². The Balaban J connectivity index is 1.49. The monoisotopic (exact) mass is 387 g/mol. The summed E-state index contributed by atoms with van der Waals surface area (Å²) in [7, 11) is 0. The predicted octanol–water partition coefficient (Wildman–Crippen LogP) is 3.55. The lowest BCUT2D eigenvalue weighted by atomic mass is 9.91. The first-order valence-electron chi connectivity index (χ1n) is 9.37. The van der Waals surface area contributed by atoms with E-state index in [4.69, 9.17) is 0 Å². The summed E-state index contributed by atoms with van der Waals surface area (Å²) < 4.78 is 0. The van der Waals surface area contributed by atoms with Gasteiger partial charge in [-0.25, -0.2) is 4.79 Å². The zero-order valence-electron chi connectivity index (χ0n) is 16.2. The molecular formula is C23H21N3O3. The van der Waals surface area contributed by atoms with Crippen molar-refractivity contribution in [3.63, 3.8) is 0 Å². The van der Waals surface area contributed by atoms with Crippen molar-refractivity contribution in [1.29, 1.82) is 0 Å². The first-order valence-corrected chi connectivity index (χ1v) is 9.37. The molecule has 1 aliphatic heterocycles. The summed E-state index contributed by atoms with van der Waals surface area (Å²) in [6, 6.07) is 20.2. The second-order valence-corrected chi connectivity index (χ2v) is 7.42. The quantitative estimate of drug-likeness (QED) is 0.672. The van der Waals surface area contributed by atoms with E-state index in [-0.39, 0.29) is 6.54 Å². The van der Waals surface area contributed by atoms with Crippen LogP contribution in [0.25, 0.3) is 10.8 Å². The number of fused-ring (bicyclic) bond motifs is 1. The van der Waals surface area contributed by atoms with Crippen LogP contribution in [0.2, 0.25) is 0 Å². The van der Waals surface area contributed by atoms with Gasteiger partial charge in [-0.2, -0.15) is 0 Å². The van der Waals surface area contributed by atoms with E-state index >= 15 is 0 Å². The second-order valence-electron chi connectivity index (χ2n) is 7.42. The number of hydrogen-bond acceptors (Lipinski definition) is 3. The Morgan fingerprint density at radius 1 is 1.00 bits per heavy atom. The van der Waals surface area contributed by atoms with Crippen molar-refractivity contribution < 1.29 is 14.4 Å². The van der Waals surface area contributed by atoms with E-state index in [1.165, 1.54) is 0 Å².